The Hall–Kier alpha value is -3.41. The molecule has 3 aromatic heterocycles. The quantitative estimate of drug-likeness (QED) is 0.560. The number of carbonyl (C=O) groups is 1. The third kappa shape index (κ3) is 3.20. The van der Waals surface area contributed by atoms with Crippen molar-refractivity contribution in [2.45, 2.75) is 32.1 Å². The maximum Gasteiger partial charge on any atom is 0.274 e. The highest BCUT2D eigenvalue weighted by molar-refractivity contribution is 6.04. The minimum atomic E-state index is -0.108. The third-order valence-electron chi connectivity index (χ3n) is 5.78. The van der Waals surface area contributed by atoms with Gasteiger partial charge in [0.2, 0.25) is 0 Å². The summed E-state index contributed by atoms with van der Waals surface area (Å²) in [4.78, 5) is 17.6. The molecular formula is C23H23N5O. The van der Waals surface area contributed by atoms with Crippen molar-refractivity contribution in [2.75, 3.05) is 5.32 Å². The second kappa shape index (κ2) is 6.88. The van der Waals surface area contributed by atoms with Crippen LogP contribution in [0.4, 0.5) is 5.69 Å². The van der Waals surface area contributed by atoms with Crippen molar-refractivity contribution in [3.8, 4) is 11.3 Å². The number of carbonyl (C=O) groups excluding carboxylic acids is 1. The number of anilines is 1. The fourth-order valence-corrected chi connectivity index (χ4v) is 3.89. The highest BCUT2D eigenvalue weighted by Crippen LogP contribution is 2.38. The van der Waals surface area contributed by atoms with Gasteiger partial charge in [-0.15, -0.1) is 0 Å². The summed E-state index contributed by atoms with van der Waals surface area (Å²) in [6.07, 6.45) is 9.38. The van der Waals surface area contributed by atoms with Gasteiger partial charge in [0.05, 0.1) is 11.9 Å². The van der Waals surface area contributed by atoms with E-state index >= 15 is 0 Å². The molecule has 5 rings (SSSR count). The van der Waals surface area contributed by atoms with Crippen LogP contribution in [0.5, 0.6) is 0 Å². The summed E-state index contributed by atoms with van der Waals surface area (Å²) in [6, 6.07) is 11.9. The van der Waals surface area contributed by atoms with E-state index in [-0.39, 0.29) is 5.91 Å². The number of fused-ring (bicyclic) bond motifs is 1. The van der Waals surface area contributed by atoms with Crippen LogP contribution in [0.1, 0.15) is 46.8 Å². The maximum atomic E-state index is 12.9. The average molecular weight is 385 g/mol. The van der Waals surface area contributed by atoms with Crippen LogP contribution in [0.25, 0.3) is 16.9 Å². The topological polar surface area (TPSA) is 64.2 Å². The summed E-state index contributed by atoms with van der Waals surface area (Å²) >= 11 is 0. The van der Waals surface area contributed by atoms with E-state index in [0.29, 0.717) is 11.6 Å². The molecule has 0 aliphatic heterocycles. The molecule has 0 saturated heterocycles. The predicted octanol–water partition coefficient (Wildman–Crippen LogP) is 4.56. The van der Waals surface area contributed by atoms with E-state index in [4.69, 9.17) is 4.98 Å². The molecule has 1 saturated carbocycles. The van der Waals surface area contributed by atoms with Gasteiger partial charge in [-0.2, -0.15) is 5.10 Å². The van der Waals surface area contributed by atoms with Crippen LogP contribution in [0, 0.1) is 6.92 Å². The molecule has 6 nitrogen and oxygen atoms in total. The zero-order valence-electron chi connectivity index (χ0n) is 16.6. The van der Waals surface area contributed by atoms with Crippen molar-refractivity contribution < 1.29 is 4.79 Å². The first-order chi connectivity index (χ1) is 14.1. The number of hydrogen-bond acceptors (Lipinski definition) is 3. The van der Waals surface area contributed by atoms with Gasteiger partial charge in [0.15, 0.2) is 0 Å². The van der Waals surface area contributed by atoms with Gasteiger partial charge in [0, 0.05) is 36.3 Å². The molecular weight excluding hydrogens is 362 g/mol. The molecule has 6 heteroatoms. The SMILES string of the molecule is Cc1ccn2cc(-c3ccc(NC(=O)c4c(C5CCC5)cnn4C)cc3)nc2c1. The number of pyridine rings is 1. The summed E-state index contributed by atoms with van der Waals surface area (Å²) in [6.45, 7) is 2.06. The fourth-order valence-electron chi connectivity index (χ4n) is 3.89. The number of aryl methyl sites for hydroxylation is 2. The highest BCUT2D eigenvalue weighted by atomic mass is 16.2. The zero-order valence-corrected chi connectivity index (χ0v) is 16.6. The second-order valence-electron chi connectivity index (χ2n) is 7.83. The first-order valence-corrected chi connectivity index (χ1v) is 9.97. The first-order valence-electron chi connectivity index (χ1n) is 9.97. The van der Waals surface area contributed by atoms with Gasteiger partial charge in [-0.05, 0) is 55.5 Å². The first kappa shape index (κ1) is 17.7. The van der Waals surface area contributed by atoms with Crippen LogP contribution in [-0.2, 0) is 7.05 Å². The summed E-state index contributed by atoms with van der Waals surface area (Å²) < 4.78 is 3.69. The van der Waals surface area contributed by atoms with Gasteiger partial charge in [-0.3, -0.25) is 9.48 Å². The van der Waals surface area contributed by atoms with Gasteiger partial charge in [0.1, 0.15) is 11.3 Å². The Bertz CT molecular complexity index is 1200. The van der Waals surface area contributed by atoms with Crippen LogP contribution in [0.15, 0.2) is 55.0 Å². The van der Waals surface area contributed by atoms with E-state index in [1.165, 1.54) is 12.0 Å². The lowest BCUT2D eigenvalue weighted by atomic mass is 9.80. The number of nitrogens with one attached hydrogen (secondary N) is 1. The third-order valence-corrected chi connectivity index (χ3v) is 5.78. The summed E-state index contributed by atoms with van der Waals surface area (Å²) in [5, 5.41) is 7.32. The fraction of sp³-hybridized carbons (Fsp3) is 0.261. The Labute approximate surface area is 169 Å². The number of aromatic nitrogens is 4. The maximum absolute atomic E-state index is 12.9. The van der Waals surface area contributed by atoms with Crippen LogP contribution < -0.4 is 5.32 Å². The van der Waals surface area contributed by atoms with E-state index in [0.717, 1.165) is 41.0 Å². The molecule has 0 unspecified atom stereocenters. The number of rotatable bonds is 4. The van der Waals surface area contributed by atoms with Gasteiger partial charge in [0.25, 0.3) is 5.91 Å². The van der Waals surface area contributed by atoms with Crippen LogP contribution in [0.2, 0.25) is 0 Å². The second-order valence-corrected chi connectivity index (χ2v) is 7.83. The molecule has 1 amide bonds. The lowest BCUT2D eigenvalue weighted by Crippen LogP contribution is -2.20. The lowest BCUT2D eigenvalue weighted by Gasteiger charge is -2.25. The molecule has 1 fully saturated rings. The molecule has 4 aromatic rings. The molecule has 1 aromatic carbocycles. The largest absolute Gasteiger partial charge is 0.321 e. The Morgan fingerprint density at radius 3 is 2.69 bits per heavy atom. The standard InChI is InChI=1S/C23H23N5O/c1-15-10-11-28-14-20(26-21(28)12-15)17-6-8-18(9-7-17)25-23(29)22-19(13-24-27(22)2)16-4-3-5-16/h6-14,16H,3-5H2,1-2H3,(H,25,29). The molecule has 29 heavy (non-hydrogen) atoms. The van der Waals surface area contributed by atoms with Gasteiger partial charge >= 0.3 is 0 Å². The van der Waals surface area contributed by atoms with Crippen molar-refractivity contribution in [2.24, 2.45) is 7.05 Å². The minimum absolute atomic E-state index is 0.108. The van der Waals surface area contributed by atoms with Crippen molar-refractivity contribution >= 4 is 17.2 Å². The Balaban J connectivity index is 1.36. The smallest absolute Gasteiger partial charge is 0.274 e. The van der Waals surface area contributed by atoms with Crippen LogP contribution in [-0.4, -0.2) is 25.1 Å². The molecule has 1 N–H and O–H groups in total. The normalized spacial score (nSPS) is 14.1. The van der Waals surface area contributed by atoms with Crippen molar-refractivity contribution in [3.63, 3.8) is 0 Å². The summed E-state index contributed by atoms with van der Waals surface area (Å²) in [5.41, 5.74) is 6.52. The summed E-state index contributed by atoms with van der Waals surface area (Å²) in [7, 11) is 1.82. The number of nitrogens with zero attached hydrogens (tertiary/aromatic N) is 4. The van der Waals surface area contributed by atoms with Crippen LogP contribution >= 0.6 is 0 Å². The summed E-state index contributed by atoms with van der Waals surface area (Å²) in [5.74, 6) is 0.355. The average Bonchev–Trinajstić information content (AvgIpc) is 3.24. The number of benzene rings is 1. The minimum Gasteiger partial charge on any atom is -0.321 e. The Morgan fingerprint density at radius 1 is 1.17 bits per heavy atom. The number of imidazole rings is 1. The molecule has 0 atom stereocenters. The monoisotopic (exact) mass is 385 g/mol. The molecule has 1 aliphatic carbocycles. The molecule has 0 bridgehead atoms. The van der Waals surface area contributed by atoms with Crippen molar-refractivity contribution in [1.82, 2.24) is 19.2 Å². The van der Waals surface area contributed by atoms with Gasteiger partial charge in [-0.25, -0.2) is 4.98 Å². The number of hydrogen-bond donors (Lipinski definition) is 1. The van der Waals surface area contributed by atoms with E-state index in [1.807, 2.05) is 54.3 Å². The Morgan fingerprint density at radius 2 is 1.97 bits per heavy atom. The highest BCUT2D eigenvalue weighted by Gasteiger charge is 2.27. The lowest BCUT2D eigenvalue weighted by molar-refractivity contribution is 0.101. The molecule has 1 aliphatic rings. The van der Waals surface area contributed by atoms with E-state index < -0.39 is 0 Å². The molecule has 146 valence electrons. The predicted molar refractivity (Wildman–Crippen MR) is 113 cm³/mol. The number of amides is 1. The van der Waals surface area contributed by atoms with Gasteiger partial charge in [-0.1, -0.05) is 18.6 Å². The van der Waals surface area contributed by atoms with Crippen molar-refractivity contribution in [3.05, 3.63) is 71.8 Å². The Kier molecular flexibility index (Phi) is 4.19. The van der Waals surface area contributed by atoms with E-state index in [2.05, 4.69) is 29.5 Å². The van der Waals surface area contributed by atoms with E-state index in [1.54, 1.807) is 4.68 Å². The van der Waals surface area contributed by atoms with Gasteiger partial charge < -0.3 is 9.72 Å². The zero-order chi connectivity index (χ0) is 20.0. The molecule has 3 heterocycles. The molecule has 0 radical (unpaired) electrons. The van der Waals surface area contributed by atoms with Crippen molar-refractivity contribution in [1.29, 1.82) is 0 Å². The van der Waals surface area contributed by atoms with E-state index in [9.17, 15) is 4.79 Å². The molecule has 0 spiro atoms. The van der Waals surface area contributed by atoms with Crippen LogP contribution in [0.3, 0.4) is 0 Å².